The van der Waals surface area contributed by atoms with E-state index in [9.17, 15) is 4.39 Å². The predicted octanol–water partition coefficient (Wildman–Crippen LogP) is 2.85. The van der Waals surface area contributed by atoms with Crippen LogP contribution in [0.1, 0.15) is 40.5 Å². The molecule has 0 aromatic carbocycles. The lowest BCUT2D eigenvalue weighted by molar-refractivity contribution is 0.000552. The van der Waals surface area contributed by atoms with E-state index in [4.69, 9.17) is 0 Å². The highest BCUT2D eigenvalue weighted by Gasteiger charge is 2.56. The third-order valence-electron chi connectivity index (χ3n) is 4.31. The van der Waals surface area contributed by atoms with Crippen molar-refractivity contribution in [3.63, 3.8) is 0 Å². The monoisotopic (exact) mass is 199 g/mol. The molecule has 14 heavy (non-hydrogen) atoms. The number of nitrogens with zero attached hydrogens (tertiary/aromatic N) is 1. The van der Waals surface area contributed by atoms with Gasteiger partial charge in [0.05, 0.1) is 0 Å². The Morgan fingerprint density at radius 3 is 2.29 bits per heavy atom. The molecule has 2 bridgehead atoms. The molecule has 2 heteroatoms. The molecule has 0 amide bonds. The molecule has 1 aliphatic carbocycles. The molecule has 1 unspecified atom stereocenters. The first-order chi connectivity index (χ1) is 6.45. The maximum absolute atomic E-state index is 14.5. The van der Waals surface area contributed by atoms with E-state index >= 15 is 0 Å². The average Bonchev–Trinajstić information content (AvgIpc) is 2.60. The fraction of sp³-hybridized carbons (Fsp3) is 1.00. The summed E-state index contributed by atoms with van der Waals surface area (Å²) in [5, 5.41) is 0. The Kier molecular flexibility index (Phi) is 2.37. The molecule has 0 aromatic heterocycles. The fourth-order valence-corrected chi connectivity index (χ4v) is 3.36. The van der Waals surface area contributed by atoms with Gasteiger partial charge in [0.15, 0.2) is 0 Å². The zero-order valence-corrected chi connectivity index (χ0v) is 9.76. The lowest BCUT2D eigenvalue weighted by atomic mass is 9.81. The quantitative estimate of drug-likeness (QED) is 0.661. The third-order valence-corrected chi connectivity index (χ3v) is 4.31. The third kappa shape index (κ3) is 1.30. The minimum absolute atomic E-state index is 0.187. The number of hydrogen-bond acceptors (Lipinski definition) is 1. The number of alkyl halides is 1. The summed E-state index contributed by atoms with van der Waals surface area (Å²) in [6.45, 7) is 9.48. The van der Waals surface area contributed by atoms with Gasteiger partial charge in [0.1, 0.15) is 5.67 Å². The average molecular weight is 199 g/mol. The smallest absolute Gasteiger partial charge is 0.118 e. The fourth-order valence-electron chi connectivity index (χ4n) is 3.36. The Labute approximate surface area is 86.7 Å². The van der Waals surface area contributed by atoms with Crippen molar-refractivity contribution in [1.29, 1.82) is 0 Å². The van der Waals surface area contributed by atoms with Gasteiger partial charge in [0, 0.05) is 24.5 Å². The molecule has 3 atom stereocenters. The van der Waals surface area contributed by atoms with Crippen LogP contribution in [0.5, 0.6) is 0 Å². The van der Waals surface area contributed by atoms with Crippen molar-refractivity contribution in [1.82, 2.24) is 4.90 Å². The van der Waals surface area contributed by atoms with E-state index in [1.807, 2.05) is 13.8 Å². The van der Waals surface area contributed by atoms with Crippen molar-refractivity contribution >= 4 is 0 Å². The predicted molar refractivity (Wildman–Crippen MR) is 57.0 cm³/mol. The van der Waals surface area contributed by atoms with Crippen LogP contribution in [-0.4, -0.2) is 29.2 Å². The van der Waals surface area contributed by atoms with Crippen molar-refractivity contribution < 1.29 is 4.39 Å². The number of fused-ring (bicyclic) bond motifs is 2. The molecule has 2 rings (SSSR count). The van der Waals surface area contributed by atoms with Crippen LogP contribution in [0.25, 0.3) is 0 Å². The normalized spacial score (nSPS) is 43.1. The van der Waals surface area contributed by atoms with E-state index < -0.39 is 5.67 Å². The highest BCUT2D eigenvalue weighted by atomic mass is 19.1. The molecule has 1 heterocycles. The van der Waals surface area contributed by atoms with Crippen LogP contribution in [-0.2, 0) is 0 Å². The first-order valence-electron chi connectivity index (χ1n) is 5.89. The van der Waals surface area contributed by atoms with Crippen molar-refractivity contribution in [2.45, 2.75) is 58.3 Å². The summed E-state index contributed by atoms with van der Waals surface area (Å²) in [6, 6.07) is 1.11. The van der Waals surface area contributed by atoms with Gasteiger partial charge in [-0.2, -0.15) is 0 Å². The number of rotatable bonds is 2. The SMILES string of the molecule is CC(C)N1C[C@H]2C[C@@H]1CC2(F)C(C)C. The lowest BCUT2D eigenvalue weighted by Crippen LogP contribution is -2.48. The lowest BCUT2D eigenvalue weighted by Gasteiger charge is -2.40. The minimum atomic E-state index is -0.865. The van der Waals surface area contributed by atoms with Crippen LogP contribution in [0.15, 0.2) is 0 Å². The number of halogens is 1. The molecule has 1 aliphatic heterocycles. The van der Waals surface area contributed by atoms with Crippen molar-refractivity contribution in [2.24, 2.45) is 11.8 Å². The molecular formula is C12H22FN. The van der Waals surface area contributed by atoms with Gasteiger partial charge in [0.25, 0.3) is 0 Å². The molecule has 82 valence electrons. The van der Waals surface area contributed by atoms with E-state index in [-0.39, 0.29) is 5.92 Å². The topological polar surface area (TPSA) is 3.24 Å². The summed E-state index contributed by atoms with van der Waals surface area (Å²) in [5.74, 6) is 0.488. The first kappa shape index (κ1) is 10.4. The van der Waals surface area contributed by atoms with E-state index in [0.29, 0.717) is 18.0 Å². The van der Waals surface area contributed by atoms with Crippen LogP contribution >= 0.6 is 0 Å². The molecule has 1 saturated heterocycles. The molecule has 0 spiro atoms. The Hall–Kier alpha value is -0.110. The number of piperidine rings is 1. The van der Waals surface area contributed by atoms with Crippen LogP contribution < -0.4 is 0 Å². The zero-order chi connectivity index (χ0) is 10.5. The summed E-state index contributed by atoms with van der Waals surface area (Å²) in [4.78, 5) is 2.48. The highest BCUT2D eigenvalue weighted by molar-refractivity contribution is 5.08. The Morgan fingerprint density at radius 1 is 1.29 bits per heavy atom. The molecule has 0 radical (unpaired) electrons. The van der Waals surface area contributed by atoms with Crippen molar-refractivity contribution in [3.8, 4) is 0 Å². The second-order valence-corrected chi connectivity index (χ2v) is 5.66. The molecular weight excluding hydrogens is 177 g/mol. The Bertz CT molecular complexity index is 226. The van der Waals surface area contributed by atoms with Gasteiger partial charge in [-0.05, 0) is 32.6 Å². The van der Waals surface area contributed by atoms with E-state index in [0.717, 1.165) is 19.4 Å². The number of likely N-dealkylation sites (tertiary alicyclic amines) is 1. The molecule has 2 aliphatic rings. The van der Waals surface area contributed by atoms with Crippen LogP contribution in [0.2, 0.25) is 0 Å². The van der Waals surface area contributed by atoms with Crippen molar-refractivity contribution in [2.75, 3.05) is 6.54 Å². The van der Waals surface area contributed by atoms with Crippen LogP contribution in [0.3, 0.4) is 0 Å². The number of hydrogen-bond donors (Lipinski definition) is 0. The maximum atomic E-state index is 14.5. The van der Waals surface area contributed by atoms with Crippen LogP contribution in [0, 0.1) is 11.8 Å². The molecule has 1 saturated carbocycles. The van der Waals surface area contributed by atoms with E-state index in [2.05, 4.69) is 18.7 Å². The van der Waals surface area contributed by atoms with Gasteiger partial charge in [-0.3, -0.25) is 4.90 Å². The largest absolute Gasteiger partial charge is 0.297 e. The van der Waals surface area contributed by atoms with E-state index in [1.54, 1.807) is 0 Å². The standard InChI is InChI=1S/C12H22FN/c1-8(2)12(13)6-11-5-10(12)7-14(11)9(3)4/h8-11H,5-7H2,1-4H3/t10-,11-,12?/m1/s1. The molecule has 0 aromatic rings. The summed E-state index contributed by atoms with van der Waals surface area (Å²) < 4.78 is 14.5. The van der Waals surface area contributed by atoms with Gasteiger partial charge in [-0.1, -0.05) is 13.8 Å². The summed E-state index contributed by atoms with van der Waals surface area (Å²) in [5.41, 5.74) is -0.865. The Balaban J connectivity index is 2.10. The van der Waals surface area contributed by atoms with Gasteiger partial charge in [-0.15, -0.1) is 0 Å². The second-order valence-electron chi connectivity index (χ2n) is 5.66. The first-order valence-corrected chi connectivity index (χ1v) is 5.89. The van der Waals surface area contributed by atoms with Gasteiger partial charge in [0.2, 0.25) is 0 Å². The van der Waals surface area contributed by atoms with Gasteiger partial charge >= 0.3 is 0 Å². The summed E-state index contributed by atoms with van der Waals surface area (Å²) >= 11 is 0. The second kappa shape index (κ2) is 3.19. The van der Waals surface area contributed by atoms with Crippen molar-refractivity contribution in [3.05, 3.63) is 0 Å². The van der Waals surface area contributed by atoms with E-state index in [1.165, 1.54) is 0 Å². The van der Waals surface area contributed by atoms with Gasteiger partial charge in [-0.25, -0.2) is 4.39 Å². The molecule has 1 nitrogen and oxygen atoms in total. The molecule has 0 N–H and O–H groups in total. The van der Waals surface area contributed by atoms with Crippen LogP contribution in [0.4, 0.5) is 4.39 Å². The van der Waals surface area contributed by atoms with Gasteiger partial charge < -0.3 is 0 Å². The molecule has 2 fully saturated rings. The summed E-state index contributed by atoms with van der Waals surface area (Å²) in [7, 11) is 0. The zero-order valence-electron chi connectivity index (χ0n) is 9.76. The Morgan fingerprint density at radius 2 is 1.93 bits per heavy atom. The summed E-state index contributed by atoms with van der Waals surface area (Å²) in [6.07, 6.45) is 1.86. The highest BCUT2D eigenvalue weighted by Crippen LogP contribution is 2.51. The maximum Gasteiger partial charge on any atom is 0.118 e. The minimum Gasteiger partial charge on any atom is -0.297 e.